The average Bonchev–Trinajstić information content (AvgIpc) is 2.80. The second kappa shape index (κ2) is 5.52. The van der Waals surface area contributed by atoms with Crippen LogP contribution < -0.4 is 4.90 Å². The van der Waals surface area contributed by atoms with E-state index in [0.29, 0.717) is 0 Å². The molecule has 0 radical (unpaired) electrons. The van der Waals surface area contributed by atoms with Gasteiger partial charge in [0.15, 0.2) is 0 Å². The van der Waals surface area contributed by atoms with Crippen LogP contribution in [0, 0.1) is 12.8 Å². The Hall–Kier alpha value is -1.05. The smallest absolute Gasteiger partial charge is 0.131 e. The lowest BCUT2D eigenvalue weighted by Gasteiger charge is -2.21. The van der Waals surface area contributed by atoms with Crippen molar-refractivity contribution in [2.75, 3.05) is 18.0 Å². The van der Waals surface area contributed by atoms with Crippen LogP contribution >= 0.6 is 0 Å². The van der Waals surface area contributed by atoms with Crippen LogP contribution in [0.15, 0.2) is 12.3 Å². The summed E-state index contributed by atoms with van der Waals surface area (Å²) >= 11 is 0. The van der Waals surface area contributed by atoms with Crippen molar-refractivity contribution >= 4 is 5.82 Å². The molecule has 0 spiro atoms. The molecule has 0 amide bonds. The minimum Gasteiger partial charge on any atom is -0.356 e. The van der Waals surface area contributed by atoms with Crippen molar-refractivity contribution in [3.63, 3.8) is 0 Å². The zero-order valence-corrected chi connectivity index (χ0v) is 11.4. The molecule has 0 aromatic carbocycles. The molecular weight excluding hydrogens is 208 g/mol. The summed E-state index contributed by atoms with van der Waals surface area (Å²) in [5, 5.41) is 0. The molecule has 1 aliphatic heterocycles. The third-order valence-electron chi connectivity index (χ3n) is 3.97. The number of hydrogen-bond donors (Lipinski definition) is 0. The SMILES string of the molecule is CCCc1ccnc(N2CCC(CC)C2)c1C. The Bertz CT molecular complexity index is 373. The van der Waals surface area contributed by atoms with Crippen LogP contribution in [-0.4, -0.2) is 18.1 Å². The quantitative estimate of drug-likeness (QED) is 0.789. The summed E-state index contributed by atoms with van der Waals surface area (Å²) in [6.07, 6.45) is 6.99. The molecule has 1 aliphatic rings. The van der Waals surface area contributed by atoms with Crippen LogP contribution in [-0.2, 0) is 6.42 Å². The maximum atomic E-state index is 4.60. The van der Waals surface area contributed by atoms with Crippen LogP contribution in [0.5, 0.6) is 0 Å². The summed E-state index contributed by atoms with van der Waals surface area (Å²) in [5.41, 5.74) is 2.86. The molecule has 1 unspecified atom stereocenters. The minimum absolute atomic E-state index is 0.867. The zero-order chi connectivity index (χ0) is 12.3. The Kier molecular flexibility index (Phi) is 4.03. The van der Waals surface area contributed by atoms with E-state index < -0.39 is 0 Å². The molecule has 94 valence electrons. The van der Waals surface area contributed by atoms with Gasteiger partial charge in [0.25, 0.3) is 0 Å². The molecule has 1 atom stereocenters. The molecule has 1 saturated heterocycles. The summed E-state index contributed by atoms with van der Waals surface area (Å²) < 4.78 is 0. The van der Waals surface area contributed by atoms with E-state index in [1.807, 2.05) is 6.20 Å². The van der Waals surface area contributed by atoms with Crippen LogP contribution in [0.1, 0.15) is 44.2 Å². The standard InChI is InChI=1S/C15H24N2/c1-4-6-14-7-9-16-15(12(14)3)17-10-8-13(5-2)11-17/h7,9,13H,4-6,8,10-11H2,1-3H3. The van der Waals surface area contributed by atoms with E-state index in [-0.39, 0.29) is 0 Å². The Morgan fingerprint density at radius 2 is 2.24 bits per heavy atom. The van der Waals surface area contributed by atoms with E-state index >= 15 is 0 Å². The van der Waals surface area contributed by atoms with Crippen LogP contribution in [0.25, 0.3) is 0 Å². The van der Waals surface area contributed by atoms with Gasteiger partial charge >= 0.3 is 0 Å². The van der Waals surface area contributed by atoms with Gasteiger partial charge in [-0.25, -0.2) is 4.98 Å². The highest BCUT2D eigenvalue weighted by Gasteiger charge is 2.23. The number of hydrogen-bond acceptors (Lipinski definition) is 2. The maximum absolute atomic E-state index is 4.60. The maximum Gasteiger partial charge on any atom is 0.131 e. The molecule has 0 aliphatic carbocycles. The number of nitrogens with zero attached hydrogens (tertiary/aromatic N) is 2. The molecular formula is C15H24N2. The van der Waals surface area contributed by atoms with Crippen LogP contribution in [0.2, 0.25) is 0 Å². The summed E-state index contributed by atoms with van der Waals surface area (Å²) in [7, 11) is 0. The van der Waals surface area contributed by atoms with Crippen molar-refractivity contribution < 1.29 is 0 Å². The second-order valence-electron chi connectivity index (χ2n) is 5.18. The van der Waals surface area contributed by atoms with Gasteiger partial charge in [-0.3, -0.25) is 0 Å². The third kappa shape index (κ3) is 2.62. The van der Waals surface area contributed by atoms with Gasteiger partial charge in [0.2, 0.25) is 0 Å². The summed E-state index contributed by atoms with van der Waals surface area (Å²) in [6, 6.07) is 2.18. The van der Waals surface area contributed by atoms with E-state index in [9.17, 15) is 0 Å². The number of rotatable bonds is 4. The first-order valence-electron chi connectivity index (χ1n) is 6.95. The molecule has 2 heteroatoms. The first-order chi connectivity index (χ1) is 8.26. The van der Waals surface area contributed by atoms with Gasteiger partial charge < -0.3 is 4.90 Å². The molecule has 2 nitrogen and oxygen atoms in total. The van der Waals surface area contributed by atoms with Crippen molar-refractivity contribution in [3.05, 3.63) is 23.4 Å². The highest BCUT2D eigenvalue weighted by atomic mass is 15.2. The fourth-order valence-corrected chi connectivity index (χ4v) is 2.78. The summed E-state index contributed by atoms with van der Waals surface area (Å²) in [6.45, 7) is 9.14. The summed E-state index contributed by atoms with van der Waals surface area (Å²) in [5.74, 6) is 2.10. The Labute approximate surface area is 105 Å². The minimum atomic E-state index is 0.867. The van der Waals surface area contributed by atoms with E-state index in [1.165, 1.54) is 55.7 Å². The largest absolute Gasteiger partial charge is 0.356 e. The second-order valence-corrected chi connectivity index (χ2v) is 5.18. The number of aryl methyl sites for hydroxylation is 1. The van der Waals surface area contributed by atoms with Crippen molar-refractivity contribution in [1.29, 1.82) is 0 Å². The van der Waals surface area contributed by atoms with Gasteiger partial charge in [0.05, 0.1) is 0 Å². The molecule has 0 N–H and O–H groups in total. The van der Waals surface area contributed by atoms with Gasteiger partial charge in [0.1, 0.15) is 5.82 Å². The topological polar surface area (TPSA) is 16.1 Å². The van der Waals surface area contributed by atoms with Crippen LogP contribution in [0.3, 0.4) is 0 Å². The molecule has 0 bridgehead atoms. The van der Waals surface area contributed by atoms with E-state index in [2.05, 4.69) is 36.7 Å². The molecule has 2 rings (SSSR count). The fourth-order valence-electron chi connectivity index (χ4n) is 2.78. The van der Waals surface area contributed by atoms with Gasteiger partial charge in [-0.2, -0.15) is 0 Å². The van der Waals surface area contributed by atoms with Crippen molar-refractivity contribution in [3.8, 4) is 0 Å². The predicted molar refractivity (Wildman–Crippen MR) is 73.6 cm³/mol. The van der Waals surface area contributed by atoms with Crippen molar-refractivity contribution in [2.45, 2.75) is 46.5 Å². The molecule has 1 fully saturated rings. The van der Waals surface area contributed by atoms with Gasteiger partial charge in [-0.05, 0) is 42.9 Å². The fraction of sp³-hybridized carbons (Fsp3) is 0.667. The van der Waals surface area contributed by atoms with Gasteiger partial charge in [-0.1, -0.05) is 26.7 Å². The van der Waals surface area contributed by atoms with E-state index in [4.69, 9.17) is 0 Å². The van der Waals surface area contributed by atoms with Gasteiger partial charge in [0, 0.05) is 19.3 Å². The zero-order valence-electron chi connectivity index (χ0n) is 11.4. The highest BCUT2D eigenvalue weighted by molar-refractivity contribution is 5.50. The van der Waals surface area contributed by atoms with Gasteiger partial charge in [-0.15, -0.1) is 0 Å². The third-order valence-corrected chi connectivity index (χ3v) is 3.97. The lowest BCUT2D eigenvalue weighted by atomic mass is 10.1. The molecule has 1 aromatic rings. The van der Waals surface area contributed by atoms with Crippen molar-refractivity contribution in [2.24, 2.45) is 5.92 Å². The molecule has 1 aromatic heterocycles. The Morgan fingerprint density at radius 1 is 1.41 bits per heavy atom. The monoisotopic (exact) mass is 232 g/mol. The summed E-state index contributed by atoms with van der Waals surface area (Å²) in [4.78, 5) is 7.07. The number of anilines is 1. The van der Waals surface area contributed by atoms with Crippen molar-refractivity contribution in [1.82, 2.24) is 4.98 Å². The van der Waals surface area contributed by atoms with E-state index in [1.54, 1.807) is 0 Å². The molecule has 17 heavy (non-hydrogen) atoms. The lowest BCUT2D eigenvalue weighted by Crippen LogP contribution is -2.22. The Morgan fingerprint density at radius 3 is 2.88 bits per heavy atom. The molecule has 0 saturated carbocycles. The number of pyridine rings is 1. The normalized spacial score (nSPS) is 19.9. The Balaban J connectivity index is 2.18. The van der Waals surface area contributed by atoms with E-state index in [0.717, 1.165) is 5.92 Å². The number of aromatic nitrogens is 1. The molecule has 2 heterocycles. The first-order valence-corrected chi connectivity index (χ1v) is 6.95. The average molecular weight is 232 g/mol. The lowest BCUT2D eigenvalue weighted by molar-refractivity contribution is 0.568. The predicted octanol–water partition coefficient (Wildman–Crippen LogP) is 3.58. The first kappa shape index (κ1) is 12.4. The van der Waals surface area contributed by atoms with Crippen LogP contribution in [0.4, 0.5) is 5.82 Å². The highest BCUT2D eigenvalue weighted by Crippen LogP contribution is 2.28.